The highest BCUT2D eigenvalue weighted by molar-refractivity contribution is 7.22. The normalized spacial score (nSPS) is 16.0. The molecule has 120 valence electrons. The van der Waals surface area contributed by atoms with Gasteiger partial charge in [0.2, 0.25) is 0 Å². The number of benzene rings is 1. The van der Waals surface area contributed by atoms with E-state index in [9.17, 15) is 0 Å². The highest BCUT2D eigenvalue weighted by Gasteiger charge is 2.25. The van der Waals surface area contributed by atoms with Crippen molar-refractivity contribution in [3.63, 3.8) is 0 Å². The second-order valence-corrected chi connectivity index (χ2v) is 8.56. The molecule has 0 atom stereocenters. The Morgan fingerprint density at radius 2 is 2.04 bits per heavy atom. The first-order valence-corrected chi connectivity index (χ1v) is 9.77. The van der Waals surface area contributed by atoms with Gasteiger partial charge in [-0.25, -0.2) is 4.98 Å². The van der Waals surface area contributed by atoms with Gasteiger partial charge in [-0.3, -0.25) is 4.90 Å². The second kappa shape index (κ2) is 5.89. The van der Waals surface area contributed by atoms with Crippen LogP contribution < -0.4 is 5.73 Å². The molecule has 1 aliphatic rings. The van der Waals surface area contributed by atoms with E-state index in [1.165, 1.54) is 27.1 Å². The van der Waals surface area contributed by atoms with Crippen LogP contribution in [0, 0.1) is 0 Å². The van der Waals surface area contributed by atoms with Crippen LogP contribution in [0.3, 0.4) is 0 Å². The molecule has 0 radical (unpaired) electrons. The summed E-state index contributed by atoms with van der Waals surface area (Å²) in [5, 5.41) is 2.01. The number of thiazole rings is 1. The number of nitrogen functional groups attached to an aromatic ring is 1. The van der Waals surface area contributed by atoms with Gasteiger partial charge >= 0.3 is 0 Å². The molecule has 3 nitrogen and oxygen atoms in total. The maximum absolute atomic E-state index is 6.41. The number of hydrogen-bond donors (Lipinski definition) is 1. The molecule has 23 heavy (non-hydrogen) atoms. The number of para-hydroxylation sites is 1. The van der Waals surface area contributed by atoms with Crippen molar-refractivity contribution in [2.24, 2.45) is 0 Å². The highest BCUT2D eigenvalue weighted by Crippen LogP contribution is 2.43. The highest BCUT2D eigenvalue weighted by atomic mass is 32.1. The lowest BCUT2D eigenvalue weighted by atomic mass is 10.1. The largest absolute Gasteiger partial charge is 0.390 e. The minimum Gasteiger partial charge on any atom is -0.390 e. The van der Waals surface area contributed by atoms with Gasteiger partial charge < -0.3 is 5.73 Å². The first-order chi connectivity index (χ1) is 11.1. The van der Waals surface area contributed by atoms with Crippen molar-refractivity contribution in [2.45, 2.75) is 39.3 Å². The summed E-state index contributed by atoms with van der Waals surface area (Å²) < 4.78 is 1.24. The SMILES string of the molecule is CC(C)N1CCCc2c(sc(N)c2-c2nc3ccccc3s2)C1. The van der Waals surface area contributed by atoms with Crippen LogP contribution in [0.1, 0.15) is 30.7 Å². The Hall–Kier alpha value is -1.43. The molecule has 4 rings (SSSR count). The van der Waals surface area contributed by atoms with Crippen molar-refractivity contribution in [3.05, 3.63) is 34.7 Å². The fourth-order valence-electron chi connectivity index (χ4n) is 3.30. The molecule has 0 bridgehead atoms. The summed E-state index contributed by atoms with van der Waals surface area (Å²) in [6.45, 7) is 6.73. The maximum Gasteiger partial charge on any atom is 0.127 e. The molecular formula is C18H21N3S2. The van der Waals surface area contributed by atoms with Crippen LogP contribution in [-0.2, 0) is 13.0 Å². The topological polar surface area (TPSA) is 42.1 Å². The van der Waals surface area contributed by atoms with Gasteiger partial charge in [-0.2, -0.15) is 0 Å². The molecule has 2 aromatic heterocycles. The van der Waals surface area contributed by atoms with E-state index in [2.05, 4.69) is 36.9 Å². The Morgan fingerprint density at radius 3 is 2.83 bits per heavy atom. The summed E-state index contributed by atoms with van der Waals surface area (Å²) in [6, 6.07) is 8.91. The van der Waals surface area contributed by atoms with E-state index in [1.807, 2.05) is 6.07 Å². The van der Waals surface area contributed by atoms with Crippen LogP contribution in [0.25, 0.3) is 20.8 Å². The van der Waals surface area contributed by atoms with E-state index >= 15 is 0 Å². The summed E-state index contributed by atoms with van der Waals surface area (Å²) >= 11 is 3.52. The van der Waals surface area contributed by atoms with Gasteiger partial charge in [0.15, 0.2) is 0 Å². The van der Waals surface area contributed by atoms with Gasteiger partial charge in [0.25, 0.3) is 0 Å². The third-order valence-corrected chi connectivity index (χ3v) is 6.67. The molecule has 0 amide bonds. The Kier molecular flexibility index (Phi) is 3.87. The first-order valence-electron chi connectivity index (χ1n) is 8.13. The summed E-state index contributed by atoms with van der Waals surface area (Å²) in [5.41, 5.74) is 10.1. The zero-order valence-corrected chi connectivity index (χ0v) is 15.1. The van der Waals surface area contributed by atoms with E-state index < -0.39 is 0 Å². The average Bonchev–Trinajstić information content (AvgIpc) is 3.00. The molecular weight excluding hydrogens is 322 g/mol. The number of thiophene rings is 1. The molecule has 0 unspecified atom stereocenters. The molecule has 0 saturated heterocycles. The van der Waals surface area contributed by atoms with Crippen LogP contribution >= 0.6 is 22.7 Å². The number of rotatable bonds is 2. The Bertz CT molecular complexity index is 814. The zero-order valence-electron chi connectivity index (χ0n) is 13.5. The zero-order chi connectivity index (χ0) is 16.0. The van der Waals surface area contributed by atoms with E-state index in [0.29, 0.717) is 6.04 Å². The van der Waals surface area contributed by atoms with Crippen LogP contribution in [-0.4, -0.2) is 22.5 Å². The number of anilines is 1. The van der Waals surface area contributed by atoms with Crippen molar-refractivity contribution in [3.8, 4) is 10.6 Å². The van der Waals surface area contributed by atoms with E-state index in [-0.39, 0.29) is 0 Å². The molecule has 1 aromatic carbocycles. The van der Waals surface area contributed by atoms with Crippen molar-refractivity contribution in [1.82, 2.24) is 9.88 Å². The van der Waals surface area contributed by atoms with Gasteiger partial charge in [-0.15, -0.1) is 22.7 Å². The van der Waals surface area contributed by atoms with E-state index in [1.54, 1.807) is 22.7 Å². The average molecular weight is 344 g/mol. The predicted molar refractivity (Wildman–Crippen MR) is 101 cm³/mol. The number of hydrogen-bond acceptors (Lipinski definition) is 5. The third kappa shape index (κ3) is 2.67. The molecule has 5 heteroatoms. The Balaban J connectivity index is 1.81. The minimum absolute atomic E-state index is 0.579. The van der Waals surface area contributed by atoms with E-state index in [4.69, 9.17) is 10.7 Å². The van der Waals surface area contributed by atoms with Gasteiger partial charge in [0, 0.05) is 23.0 Å². The van der Waals surface area contributed by atoms with Crippen molar-refractivity contribution >= 4 is 37.9 Å². The Labute approximate surface area is 144 Å². The second-order valence-electron chi connectivity index (χ2n) is 6.40. The predicted octanol–water partition coefficient (Wildman–Crippen LogP) is 4.76. The van der Waals surface area contributed by atoms with Gasteiger partial charge in [0.1, 0.15) is 5.01 Å². The fourth-order valence-corrected chi connectivity index (χ4v) is 5.56. The van der Waals surface area contributed by atoms with Crippen LogP contribution in [0.2, 0.25) is 0 Å². The molecule has 3 heterocycles. The standard InChI is InChI=1S/C18H21N3S2/c1-11(2)21-9-5-6-12-15(10-21)22-17(19)16(12)18-20-13-7-3-4-8-14(13)23-18/h3-4,7-8,11H,5-6,9-10,19H2,1-2H3. The number of nitrogens with zero attached hydrogens (tertiary/aromatic N) is 2. The molecule has 0 fully saturated rings. The number of aromatic nitrogens is 1. The lowest BCUT2D eigenvalue weighted by Crippen LogP contribution is -2.30. The lowest BCUT2D eigenvalue weighted by molar-refractivity contribution is 0.218. The van der Waals surface area contributed by atoms with Gasteiger partial charge in [0.05, 0.1) is 15.2 Å². The van der Waals surface area contributed by atoms with E-state index in [0.717, 1.165) is 35.0 Å². The summed E-state index contributed by atoms with van der Waals surface area (Å²) in [6.07, 6.45) is 2.30. The quantitative estimate of drug-likeness (QED) is 0.729. The maximum atomic E-state index is 6.41. The van der Waals surface area contributed by atoms with Gasteiger partial charge in [-0.1, -0.05) is 12.1 Å². The summed E-state index contributed by atoms with van der Waals surface area (Å²) in [5.74, 6) is 0. The summed E-state index contributed by atoms with van der Waals surface area (Å²) in [7, 11) is 0. The molecule has 1 aliphatic heterocycles. The molecule has 3 aromatic rings. The molecule has 0 aliphatic carbocycles. The lowest BCUT2D eigenvalue weighted by Gasteiger charge is -2.23. The van der Waals surface area contributed by atoms with Crippen molar-refractivity contribution in [1.29, 1.82) is 0 Å². The summed E-state index contributed by atoms with van der Waals surface area (Å²) in [4.78, 5) is 8.82. The van der Waals surface area contributed by atoms with Gasteiger partial charge in [-0.05, 0) is 50.9 Å². The fraction of sp³-hybridized carbons (Fsp3) is 0.389. The first kappa shape index (κ1) is 15.1. The molecule has 2 N–H and O–H groups in total. The third-order valence-electron chi connectivity index (χ3n) is 4.57. The number of fused-ring (bicyclic) bond motifs is 2. The minimum atomic E-state index is 0.579. The van der Waals surface area contributed by atoms with Crippen molar-refractivity contribution < 1.29 is 0 Å². The molecule has 0 spiro atoms. The smallest absolute Gasteiger partial charge is 0.127 e. The van der Waals surface area contributed by atoms with Crippen molar-refractivity contribution in [2.75, 3.05) is 12.3 Å². The van der Waals surface area contributed by atoms with Crippen LogP contribution in [0.4, 0.5) is 5.00 Å². The number of nitrogens with two attached hydrogens (primary N) is 1. The van der Waals surface area contributed by atoms with Crippen LogP contribution in [0.5, 0.6) is 0 Å². The molecule has 0 saturated carbocycles. The monoisotopic (exact) mass is 343 g/mol. The van der Waals surface area contributed by atoms with Crippen LogP contribution in [0.15, 0.2) is 24.3 Å². The Morgan fingerprint density at radius 1 is 1.22 bits per heavy atom.